The molecule has 0 saturated heterocycles. The lowest BCUT2D eigenvalue weighted by Crippen LogP contribution is -2.30. The molecule has 11 heteroatoms. The predicted octanol–water partition coefficient (Wildman–Crippen LogP) is 4.64. The van der Waals surface area contributed by atoms with Crippen LogP contribution in [0.25, 0.3) is 0 Å². The largest absolute Gasteiger partial charge is 0.402 e. The van der Waals surface area contributed by atoms with Crippen LogP contribution in [0.4, 0.5) is 17.2 Å². The highest BCUT2D eigenvalue weighted by Gasteiger charge is 2.10. The third-order valence-electron chi connectivity index (χ3n) is 4.62. The summed E-state index contributed by atoms with van der Waals surface area (Å²) in [5.41, 5.74) is 4.39. The molecule has 210 valence electrons. The molecule has 1 unspecified atom stereocenters. The van der Waals surface area contributed by atoms with Crippen LogP contribution in [0.3, 0.4) is 0 Å². The van der Waals surface area contributed by atoms with Gasteiger partial charge in [-0.2, -0.15) is 10.7 Å². The number of allylic oxidation sites excluding steroid dienone is 2. The van der Waals surface area contributed by atoms with Crippen LogP contribution in [0, 0.1) is 11.3 Å². The van der Waals surface area contributed by atoms with E-state index in [1.54, 1.807) is 11.1 Å². The van der Waals surface area contributed by atoms with E-state index in [-0.39, 0.29) is 24.4 Å². The molecule has 10 nitrogen and oxygen atoms in total. The molecule has 2 amide bonds. The van der Waals surface area contributed by atoms with Crippen molar-refractivity contribution in [3.8, 4) is 6.07 Å². The van der Waals surface area contributed by atoms with Gasteiger partial charge in [-0.25, -0.2) is 4.98 Å². The van der Waals surface area contributed by atoms with Crippen molar-refractivity contribution in [1.82, 2.24) is 15.8 Å². The monoisotopic (exact) mass is 553 g/mol. The predicted molar refractivity (Wildman–Crippen MR) is 160 cm³/mol. The Balaban J connectivity index is 0.00000113. The zero-order valence-corrected chi connectivity index (χ0v) is 24.3. The molecule has 0 aliphatic heterocycles. The number of nitriles is 1. The maximum absolute atomic E-state index is 12.5. The second-order valence-electron chi connectivity index (χ2n) is 8.26. The van der Waals surface area contributed by atoms with Gasteiger partial charge in [0, 0.05) is 61.7 Å². The van der Waals surface area contributed by atoms with E-state index < -0.39 is 0 Å². The van der Waals surface area contributed by atoms with Crippen LogP contribution >= 0.6 is 11.8 Å². The van der Waals surface area contributed by atoms with E-state index in [1.165, 1.54) is 24.8 Å². The number of hydrogen-bond acceptors (Lipinski definition) is 9. The van der Waals surface area contributed by atoms with E-state index in [1.807, 2.05) is 89.4 Å². The summed E-state index contributed by atoms with van der Waals surface area (Å²) in [5, 5.41) is 18.3. The summed E-state index contributed by atoms with van der Waals surface area (Å²) in [5.74, 6) is 0.639. The van der Waals surface area contributed by atoms with Gasteiger partial charge in [-0.15, -0.1) is 0 Å². The summed E-state index contributed by atoms with van der Waals surface area (Å²) in [6.45, 7) is 10.7. The molecule has 1 atom stereocenters. The van der Waals surface area contributed by atoms with Crippen LogP contribution < -0.4 is 26.3 Å². The summed E-state index contributed by atoms with van der Waals surface area (Å²) >= 11 is 1.37. The fourth-order valence-corrected chi connectivity index (χ4v) is 3.83. The summed E-state index contributed by atoms with van der Waals surface area (Å²) in [4.78, 5) is 34.8. The first-order chi connectivity index (χ1) is 18.7. The summed E-state index contributed by atoms with van der Waals surface area (Å²) < 4.78 is 0. The molecule has 0 radical (unpaired) electrons. The van der Waals surface area contributed by atoms with Crippen molar-refractivity contribution in [1.29, 1.82) is 5.26 Å². The molecule has 0 fully saturated rings. The molecular formula is C28H39N7O3S. The van der Waals surface area contributed by atoms with E-state index in [2.05, 4.69) is 26.4 Å². The van der Waals surface area contributed by atoms with Crippen molar-refractivity contribution in [2.45, 2.75) is 40.7 Å². The van der Waals surface area contributed by atoms with Gasteiger partial charge < -0.3 is 25.7 Å². The Labute approximate surface area is 235 Å². The van der Waals surface area contributed by atoms with Gasteiger partial charge in [-0.1, -0.05) is 23.9 Å². The molecule has 1 aromatic carbocycles. The van der Waals surface area contributed by atoms with Crippen LogP contribution in [0.15, 0.2) is 70.8 Å². The molecule has 0 saturated carbocycles. The highest BCUT2D eigenvalue weighted by molar-refractivity contribution is 8.06. The molecule has 1 heterocycles. The number of anilines is 3. The number of likely N-dealkylation sites (N-methyl/N-ethyl adjacent to an activating group) is 1. The lowest BCUT2D eigenvalue weighted by atomic mass is 10.2. The number of pyridine rings is 1. The van der Waals surface area contributed by atoms with Crippen molar-refractivity contribution in [3.63, 3.8) is 0 Å². The Morgan fingerprint density at radius 1 is 1.15 bits per heavy atom. The SMILES string of the molecule is CCNC(C)=O.CCNOC(=CC(C)Nc1cccc(NC(=O)CN(C)c2ccccn2)c1)S/C(C)=C/C#N. The number of nitrogens with one attached hydrogen (secondary N) is 4. The van der Waals surface area contributed by atoms with E-state index >= 15 is 0 Å². The Hall–Kier alpha value is -4.01. The van der Waals surface area contributed by atoms with E-state index in [4.69, 9.17) is 10.1 Å². The number of rotatable bonds is 13. The van der Waals surface area contributed by atoms with Crippen LogP contribution in [0.2, 0.25) is 0 Å². The maximum atomic E-state index is 12.5. The molecule has 0 spiro atoms. The molecule has 0 aliphatic rings. The van der Waals surface area contributed by atoms with Gasteiger partial charge in [0.15, 0.2) is 5.09 Å². The number of hydroxylamine groups is 1. The van der Waals surface area contributed by atoms with Crippen molar-refractivity contribution >= 4 is 40.8 Å². The molecule has 0 bridgehead atoms. The van der Waals surface area contributed by atoms with E-state index in [9.17, 15) is 9.59 Å². The third-order valence-corrected chi connectivity index (χ3v) is 5.48. The molecule has 4 N–H and O–H groups in total. The molecule has 39 heavy (non-hydrogen) atoms. The summed E-state index contributed by atoms with van der Waals surface area (Å²) in [6, 6.07) is 15.1. The number of amides is 2. The van der Waals surface area contributed by atoms with Gasteiger partial charge in [0.2, 0.25) is 11.8 Å². The van der Waals surface area contributed by atoms with Gasteiger partial charge in [-0.3, -0.25) is 9.59 Å². The Kier molecular flexibility index (Phi) is 16.2. The Morgan fingerprint density at radius 3 is 2.49 bits per heavy atom. The Bertz CT molecular complexity index is 1130. The summed E-state index contributed by atoms with van der Waals surface area (Å²) in [6.07, 6.45) is 5.10. The van der Waals surface area contributed by atoms with Gasteiger partial charge in [0.1, 0.15) is 5.82 Å². The van der Waals surface area contributed by atoms with Crippen molar-refractivity contribution in [2.75, 3.05) is 42.2 Å². The first-order valence-corrected chi connectivity index (χ1v) is 13.4. The number of carbonyl (C=O) groups is 2. The lowest BCUT2D eigenvalue weighted by Gasteiger charge is -2.18. The molecule has 0 aliphatic carbocycles. The maximum Gasteiger partial charge on any atom is 0.243 e. The highest BCUT2D eigenvalue weighted by atomic mass is 32.2. The van der Waals surface area contributed by atoms with Crippen molar-refractivity contribution in [2.24, 2.45) is 0 Å². The minimum absolute atomic E-state index is 0.0394. The first-order valence-electron chi connectivity index (χ1n) is 12.6. The zero-order valence-electron chi connectivity index (χ0n) is 23.4. The smallest absolute Gasteiger partial charge is 0.243 e. The number of benzene rings is 1. The van der Waals surface area contributed by atoms with Crippen LogP contribution in [-0.2, 0) is 14.4 Å². The second-order valence-corrected chi connectivity index (χ2v) is 9.51. The first kappa shape index (κ1) is 33.0. The number of nitrogens with zero attached hydrogens (tertiary/aromatic N) is 3. The normalized spacial score (nSPS) is 11.7. The average Bonchev–Trinajstić information content (AvgIpc) is 2.88. The number of carbonyl (C=O) groups excluding carboxylic acids is 2. The van der Waals surface area contributed by atoms with E-state index in [0.29, 0.717) is 17.3 Å². The van der Waals surface area contributed by atoms with Crippen LogP contribution in [0.5, 0.6) is 0 Å². The van der Waals surface area contributed by atoms with Gasteiger partial charge >= 0.3 is 0 Å². The summed E-state index contributed by atoms with van der Waals surface area (Å²) in [7, 11) is 1.83. The lowest BCUT2D eigenvalue weighted by molar-refractivity contribution is -0.119. The van der Waals surface area contributed by atoms with Gasteiger partial charge in [0.05, 0.1) is 12.6 Å². The quantitative estimate of drug-likeness (QED) is 0.159. The third kappa shape index (κ3) is 15.1. The fraction of sp³-hybridized carbons (Fsp3) is 0.357. The molecular weight excluding hydrogens is 514 g/mol. The standard InChI is InChI=1S/C24H30N6O2S.C4H9NO/c1-5-27-32-24(33-19(3)12-13-25)15-18(2)28-20-9-8-10-21(16-20)29-23(31)17-30(4)22-11-6-7-14-26-22;1-3-5-4(2)6/h6-12,14-16,18,27-28H,5,17H2,1-4H3,(H,29,31);3H2,1-2H3,(H,5,6)/b19-12+,24-15?;. The number of thioether (sulfide) groups is 1. The van der Waals surface area contributed by atoms with Crippen LogP contribution in [-0.4, -0.2) is 49.5 Å². The minimum Gasteiger partial charge on any atom is -0.402 e. The van der Waals surface area contributed by atoms with Crippen molar-refractivity contribution < 1.29 is 14.4 Å². The number of hydrogen-bond donors (Lipinski definition) is 4. The average molecular weight is 554 g/mol. The molecule has 1 aromatic heterocycles. The minimum atomic E-state index is -0.134. The topological polar surface area (TPSA) is 131 Å². The van der Waals surface area contributed by atoms with Gasteiger partial charge in [0.25, 0.3) is 0 Å². The van der Waals surface area contributed by atoms with E-state index in [0.717, 1.165) is 23.0 Å². The second kappa shape index (κ2) is 19.1. The Morgan fingerprint density at radius 2 is 1.90 bits per heavy atom. The fourth-order valence-electron chi connectivity index (χ4n) is 3.03. The van der Waals surface area contributed by atoms with Crippen molar-refractivity contribution in [3.05, 3.63) is 70.8 Å². The molecule has 2 rings (SSSR count). The highest BCUT2D eigenvalue weighted by Crippen LogP contribution is 2.26. The zero-order chi connectivity index (χ0) is 29.0. The number of aromatic nitrogens is 1. The van der Waals surface area contributed by atoms with Crippen LogP contribution in [0.1, 0.15) is 34.6 Å². The molecule has 2 aromatic rings. The van der Waals surface area contributed by atoms with Gasteiger partial charge in [-0.05, 0) is 64.1 Å².